The lowest BCUT2D eigenvalue weighted by atomic mass is 9.98. The van der Waals surface area contributed by atoms with E-state index in [1.807, 2.05) is 17.0 Å². The van der Waals surface area contributed by atoms with Gasteiger partial charge < -0.3 is 10.2 Å². The van der Waals surface area contributed by atoms with Gasteiger partial charge in [-0.25, -0.2) is 4.79 Å². The monoisotopic (exact) mass is 362 g/mol. The average Bonchev–Trinajstić information content (AvgIpc) is 3.16. The number of fused-ring (bicyclic) bond motifs is 1. The van der Waals surface area contributed by atoms with Crippen molar-refractivity contribution in [3.05, 3.63) is 40.6 Å². The van der Waals surface area contributed by atoms with Crippen molar-refractivity contribution in [2.24, 2.45) is 0 Å². The standard InChI is InChI=1S/C15H15ClN6OS/c16-11-2-1-3-12(8-11)18-14(23)21-6-4-10(5-7-21)13-20-22-9-17-19-15(22)24-13/h1-3,8-10H,4-7H2,(H,18,23). The highest BCUT2D eigenvalue weighted by Gasteiger charge is 2.26. The fourth-order valence-corrected chi connectivity index (χ4v) is 4.02. The van der Waals surface area contributed by atoms with Crippen LogP contribution in [0.15, 0.2) is 30.6 Å². The molecule has 9 heteroatoms. The first-order chi connectivity index (χ1) is 11.7. The van der Waals surface area contributed by atoms with Gasteiger partial charge in [0.1, 0.15) is 11.3 Å². The summed E-state index contributed by atoms with van der Waals surface area (Å²) in [4.78, 5) is 15.0. The zero-order valence-corrected chi connectivity index (χ0v) is 14.3. The molecule has 1 aliphatic rings. The van der Waals surface area contributed by atoms with Gasteiger partial charge in [0.15, 0.2) is 0 Å². The Kier molecular flexibility index (Phi) is 4.07. The van der Waals surface area contributed by atoms with E-state index >= 15 is 0 Å². The van der Waals surface area contributed by atoms with Crippen molar-refractivity contribution in [3.8, 4) is 0 Å². The maximum atomic E-state index is 12.4. The van der Waals surface area contributed by atoms with Crippen LogP contribution in [0.5, 0.6) is 0 Å². The summed E-state index contributed by atoms with van der Waals surface area (Å²) < 4.78 is 1.71. The molecule has 0 unspecified atom stereocenters. The number of aromatic nitrogens is 4. The van der Waals surface area contributed by atoms with Gasteiger partial charge in [0, 0.05) is 29.7 Å². The second-order valence-corrected chi connectivity index (χ2v) is 7.12. The number of nitrogens with zero attached hydrogens (tertiary/aromatic N) is 5. The van der Waals surface area contributed by atoms with E-state index in [0.717, 1.165) is 22.8 Å². The maximum Gasteiger partial charge on any atom is 0.321 e. The Hall–Kier alpha value is -2.19. The van der Waals surface area contributed by atoms with Crippen LogP contribution in [0.4, 0.5) is 10.5 Å². The maximum absolute atomic E-state index is 12.4. The van der Waals surface area contributed by atoms with Gasteiger partial charge in [0.2, 0.25) is 4.96 Å². The molecule has 124 valence electrons. The van der Waals surface area contributed by atoms with Crippen molar-refractivity contribution in [2.75, 3.05) is 18.4 Å². The molecule has 0 spiro atoms. The number of hydrogen-bond acceptors (Lipinski definition) is 5. The molecule has 24 heavy (non-hydrogen) atoms. The minimum Gasteiger partial charge on any atom is -0.324 e. The first kappa shape index (κ1) is 15.3. The molecule has 1 aliphatic heterocycles. The highest BCUT2D eigenvalue weighted by Crippen LogP contribution is 2.31. The number of hydrogen-bond donors (Lipinski definition) is 1. The molecule has 2 amide bonds. The summed E-state index contributed by atoms with van der Waals surface area (Å²) >= 11 is 7.51. The van der Waals surface area contributed by atoms with Crippen molar-refractivity contribution in [3.63, 3.8) is 0 Å². The van der Waals surface area contributed by atoms with E-state index in [2.05, 4.69) is 20.6 Å². The van der Waals surface area contributed by atoms with Crippen LogP contribution in [0.1, 0.15) is 23.8 Å². The highest BCUT2D eigenvalue weighted by atomic mass is 35.5. The molecule has 3 heterocycles. The van der Waals surface area contributed by atoms with Gasteiger partial charge >= 0.3 is 6.03 Å². The van der Waals surface area contributed by atoms with Crippen LogP contribution in [-0.4, -0.2) is 43.8 Å². The molecule has 0 aliphatic carbocycles. The number of urea groups is 1. The molecule has 3 aromatic rings. The average molecular weight is 363 g/mol. The predicted octanol–water partition coefficient (Wildman–Crippen LogP) is 3.25. The minimum atomic E-state index is -0.0890. The largest absolute Gasteiger partial charge is 0.324 e. The van der Waals surface area contributed by atoms with E-state index in [4.69, 9.17) is 11.6 Å². The van der Waals surface area contributed by atoms with Crippen LogP contribution < -0.4 is 5.32 Å². The second kappa shape index (κ2) is 6.37. The number of benzene rings is 1. The van der Waals surface area contributed by atoms with E-state index in [9.17, 15) is 4.79 Å². The highest BCUT2D eigenvalue weighted by molar-refractivity contribution is 7.16. The topological polar surface area (TPSA) is 75.4 Å². The first-order valence-electron chi connectivity index (χ1n) is 7.67. The number of carbonyl (C=O) groups excluding carboxylic acids is 1. The lowest BCUT2D eigenvalue weighted by Crippen LogP contribution is -2.40. The third-order valence-corrected chi connectivity index (χ3v) is 5.42. The number of carbonyl (C=O) groups is 1. The fourth-order valence-electron chi connectivity index (χ4n) is 2.84. The van der Waals surface area contributed by atoms with E-state index in [1.165, 1.54) is 0 Å². The Morgan fingerprint density at radius 1 is 1.33 bits per heavy atom. The van der Waals surface area contributed by atoms with Crippen molar-refractivity contribution < 1.29 is 4.79 Å². The SMILES string of the molecule is O=C(Nc1cccc(Cl)c1)N1CCC(c2nn3cnnc3s2)CC1. The summed E-state index contributed by atoms with van der Waals surface area (Å²) in [5, 5.41) is 16.9. The van der Waals surface area contributed by atoms with Gasteiger partial charge in [-0.3, -0.25) is 0 Å². The molecule has 1 aromatic carbocycles. The summed E-state index contributed by atoms with van der Waals surface area (Å²) in [7, 11) is 0. The number of likely N-dealkylation sites (tertiary alicyclic amines) is 1. The lowest BCUT2D eigenvalue weighted by Gasteiger charge is -2.31. The molecule has 0 atom stereocenters. The zero-order valence-electron chi connectivity index (χ0n) is 12.7. The molecule has 0 bridgehead atoms. The van der Waals surface area contributed by atoms with Crippen LogP contribution in [-0.2, 0) is 0 Å². The number of anilines is 1. The molecule has 1 fully saturated rings. The fraction of sp³-hybridized carbons (Fsp3) is 0.333. The molecular weight excluding hydrogens is 348 g/mol. The molecule has 4 rings (SSSR count). The molecule has 1 N–H and O–H groups in total. The third kappa shape index (κ3) is 3.07. The van der Waals surface area contributed by atoms with Crippen molar-refractivity contribution in [1.29, 1.82) is 0 Å². The Balaban J connectivity index is 1.37. The predicted molar refractivity (Wildman–Crippen MR) is 92.7 cm³/mol. The number of piperidine rings is 1. The van der Waals surface area contributed by atoms with E-state index in [0.29, 0.717) is 29.7 Å². The van der Waals surface area contributed by atoms with E-state index in [-0.39, 0.29) is 6.03 Å². The van der Waals surface area contributed by atoms with Crippen molar-refractivity contribution in [2.45, 2.75) is 18.8 Å². The molecule has 2 aromatic heterocycles. The third-order valence-electron chi connectivity index (χ3n) is 4.11. The Labute approximate surface area is 147 Å². The normalized spacial score (nSPS) is 15.8. The Morgan fingerprint density at radius 3 is 2.92 bits per heavy atom. The quantitative estimate of drug-likeness (QED) is 0.759. The number of amides is 2. The molecule has 0 radical (unpaired) electrons. The Morgan fingerprint density at radius 2 is 2.17 bits per heavy atom. The van der Waals surface area contributed by atoms with Crippen LogP contribution >= 0.6 is 22.9 Å². The summed E-state index contributed by atoms with van der Waals surface area (Å²) in [6, 6.07) is 7.08. The molecule has 7 nitrogen and oxygen atoms in total. The van der Waals surface area contributed by atoms with E-state index < -0.39 is 0 Å². The molecule has 0 saturated carbocycles. The van der Waals surface area contributed by atoms with Crippen molar-refractivity contribution in [1.82, 2.24) is 24.7 Å². The van der Waals surface area contributed by atoms with Gasteiger partial charge in [0.25, 0.3) is 0 Å². The second-order valence-electron chi connectivity index (χ2n) is 5.70. The lowest BCUT2D eigenvalue weighted by molar-refractivity contribution is 0.194. The van der Waals surface area contributed by atoms with Gasteiger partial charge in [-0.1, -0.05) is 29.0 Å². The number of halogens is 1. The zero-order chi connectivity index (χ0) is 16.5. The Bertz CT molecular complexity index is 841. The van der Waals surface area contributed by atoms with Gasteiger partial charge in [-0.15, -0.1) is 10.2 Å². The summed E-state index contributed by atoms with van der Waals surface area (Å²) in [5.41, 5.74) is 0.711. The van der Waals surface area contributed by atoms with E-state index in [1.54, 1.807) is 34.3 Å². The van der Waals surface area contributed by atoms with Gasteiger partial charge in [-0.2, -0.15) is 9.61 Å². The van der Waals surface area contributed by atoms with Crippen molar-refractivity contribution >= 4 is 39.6 Å². The van der Waals surface area contributed by atoms with Gasteiger partial charge in [-0.05, 0) is 31.0 Å². The van der Waals surface area contributed by atoms with Gasteiger partial charge in [0.05, 0.1) is 0 Å². The first-order valence-corrected chi connectivity index (χ1v) is 8.87. The smallest absolute Gasteiger partial charge is 0.321 e. The minimum absolute atomic E-state index is 0.0890. The summed E-state index contributed by atoms with van der Waals surface area (Å²) in [5.74, 6) is 0.368. The number of nitrogens with one attached hydrogen (secondary N) is 1. The summed E-state index contributed by atoms with van der Waals surface area (Å²) in [6.45, 7) is 1.41. The van der Waals surface area contributed by atoms with Crippen LogP contribution in [0, 0.1) is 0 Å². The van der Waals surface area contributed by atoms with Crippen LogP contribution in [0.2, 0.25) is 5.02 Å². The van der Waals surface area contributed by atoms with Crippen LogP contribution in [0.3, 0.4) is 0 Å². The number of rotatable bonds is 2. The molecular formula is C15H15ClN6OS. The summed E-state index contributed by atoms with van der Waals surface area (Å²) in [6.07, 6.45) is 3.41. The van der Waals surface area contributed by atoms with Crippen LogP contribution in [0.25, 0.3) is 4.96 Å². The molecule has 1 saturated heterocycles.